The van der Waals surface area contributed by atoms with Gasteiger partial charge in [-0.2, -0.15) is 0 Å². The number of hydrogen-bond acceptors (Lipinski definition) is 5. The lowest BCUT2D eigenvalue weighted by Crippen LogP contribution is -2.52. The second-order valence-corrected chi connectivity index (χ2v) is 11.0. The molecule has 1 amide bonds. The van der Waals surface area contributed by atoms with Crippen LogP contribution in [0.5, 0.6) is 0 Å². The second-order valence-electron chi connectivity index (χ2n) is 11.0. The highest BCUT2D eigenvalue weighted by Gasteiger charge is 2.51. The van der Waals surface area contributed by atoms with Crippen LogP contribution in [-0.2, 0) is 9.53 Å². The minimum atomic E-state index is -0.429. The zero-order valence-electron chi connectivity index (χ0n) is 19.6. The number of anilines is 1. The highest BCUT2D eigenvalue weighted by molar-refractivity contribution is 5.93. The third-order valence-corrected chi connectivity index (χ3v) is 8.67. The Balaban J connectivity index is 1.08. The predicted molar refractivity (Wildman–Crippen MR) is 126 cm³/mol. The van der Waals surface area contributed by atoms with E-state index in [0.717, 1.165) is 61.4 Å². The number of esters is 1. The average molecular weight is 451 g/mol. The minimum absolute atomic E-state index is 0.240. The maximum absolute atomic E-state index is 13.3. The van der Waals surface area contributed by atoms with E-state index >= 15 is 0 Å². The van der Waals surface area contributed by atoms with Crippen molar-refractivity contribution in [1.29, 1.82) is 0 Å². The van der Waals surface area contributed by atoms with Crippen LogP contribution in [0.15, 0.2) is 28.7 Å². The van der Waals surface area contributed by atoms with Gasteiger partial charge in [0.25, 0.3) is 0 Å². The summed E-state index contributed by atoms with van der Waals surface area (Å²) >= 11 is 0. The van der Waals surface area contributed by atoms with Gasteiger partial charge in [-0.3, -0.25) is 4.79 Å². The van der Waals surface area contributed by atoms with Crippen molar-refractivity contribution in [3.63, 3.8) is 0 Å². The Hall–Kier alpha value is -2.50. The molecule has 5 fully saturated rings. The first-order chi connectivity index (χ1) is 16.0. The first-order valence-corrected chi connectivity index (χ1v) is 12.7. The predicted octanol–water partition coefficient (Wildman–Crippen LogP) is 4.86. The molecule has 5 aliphatic rings. The van der Waals surface area contributed by atoms with Crippen LogP contribution in [0, 0.1) is 23.2 Å². The van der Waals surface area contributed by atoms with Crippen LogP contribution in [-0.4, -0.2) is 49.6 Å². The molecule has 4 aliphatic carbocycles. The van der Waals surface area contributed by atoms with E-state index in [1.807, 2.05) is 12.1 Å². The van der Waals surface area contributed by atoms with Crippen molar-refractivity contribution >= 4 is 28.5 Å². The Morgan fingerprint density at radius 2 is 1.67 bits per heavy atom. The largest absolute Gasteiger partial charge is 0.460 e. The van der Waals surface area contributed by atoms with Crippen molar-refractivity contribution in [3.8, 4) is 0 Å². The van der Waals surface area contributed by atoms with E-state index in [1.54, 1.807) is 13.0 Å². The summed E-state index contributed by atoms with van der Waals surface area (Å²) in [5.74, 6) is 2.86. The number of benzene rings is 1. The summed E-state index contributed by atoms with van der Waals surface area (Å²) in [7, 11) is 0. The lowest BCUT2D eigenvalue weighted by atomic mass is 9.49. The molecule has 0 radical (unpaired) electrons. The highest BCUT2D eigenvalue weighted by atomic mass is 16.5. The summed E-state index contributed by atoms with van der Waals surface area (Å²) in [6, 6.07) is 7.77. The van der Waals surface area contributed by atoms with E-state index < -0.39 is 5.97 Å². The van der Waals surface area contributed by atoms with Crippen LogP contribution in [0.4, 0.5) is 5.69 Å². The molecule has 4 bridgehead atoms. The van der Waals surface area contributed by atoms with Crippen LogP contribution in [0.2, 0.25) is 0 Å². The van der Waals surface area contributed by atoms with Gasteiger partial charge in [0.2, 0.25) is 11.7 Å². The van der Waals surface area contributed by atoms with E-state index in [4.69, 9.17) is 9.15 Å². The molecular weight excluding hydrogens is 416 g/mol. The molecule has 33 heavy (non-hydrogen) atoms. The molecule has 1 aromatic carbocycles. The maximum atomic E-state index is 13.3. The fourth-order valence-corrected chi connectivity index (χ4v) is 7.68. The molecular formula is C27H34N2O4. The van der Waals surface area contributed by atoms with E-state index in [-0.39, 0.29) is 5.76 Å². The van der Waals surface area contributed by atoms with Crippen LogP contribution >= 0.6 is 0 Å². The topological polar surface area (TPSA) is 63.0 Å². The van der Waals surface area contributed by atoms with Crippen molar-refractivity contribution in [2.24, 2.45) is 23.2 Å². The number of nitrogens with zero attached hydrogens (tertiary/aromatic N) is 2. The van der Waals surface area contributed by atoms with Crippen LogP contribution in [0.1, 0.15) is 62.4 Å². The number of ether oxygens (including phenoxy) is 1. The van der Waals surface area contributed by atoms with Gasteiger partial charge in [0.15, 0.2) is 0 Å². The minimum Gasteiger partial charge on any atom is -0.460 e. The van der Waals surface area contributed by atoms with E-state index in [1.165, 1.54) is 38.5 Å². The van der Waals surface area contributed by atoms with Crippen molar-refractivity contribution in [2.75, 3.05) is 37.7 Å². The summed E-state index contributed by atoms with van der Waals surface area (Å²) in [5.41, 5.74) is 2.10. The first-order valence-electron chi connectivity index (χ1n) is 12.7. The molecule has 1 aromatic heterocycles. The number of fused-ring (bicyclic) bond motifs is 1. The Kier molecular flexibility index (Phi) is 5.15. The Morgan fingerprint density at radius 1 is 1.00 bits per heavy atom. The third kappa shape index (κ3) is 3.91. The number of amides is 1. The zero-order chi connectivity index (χ0) is 22.6. The number of carbonyl (C=O) groups excluding carboxylic acids is 2. The molecule has 0 unspecified atom stereocenters. The van der Waals surface area contributed by atoms with Crippen molar-refractivity contribution in [1.82, 2.24) is 4.90 Å². The van der Waals surface area contributed by atoms with Crippen LogP contribution in [0.3, 0.4) is 0 Å². The lowest BCUT2D eigenvalue weighted by molar-refractivity contribution is -0.139. The molecule has 0 spiro atoms. The van der Waals surface area contributed by atoms with Gasteiger partial charge in [0.1, 0.15) is 5.58 Å². The van der Waals surface area contributed by atoms with Gasteiger partial charge < -0.3 is 19.0 Å². The van der Waals surface area contributed by atoms with Gasteiger partial charge in [0.05, 0.1) is 6.61 Å². The van der Waals surface area contributed by atoms with Gasteiger partial charge in [-0.25, -0.2) is 4.79 Å². The summed E-state index contributed by atoms with van der Waals surface area (Å²) in [4.78, 5) is 29.7. The van der Waals surface area contributed by atoms with Gasteiger partial charge in [-0.05, 0) is 92.9 Å². The van der Waals surface area contributed by atoms with Gasteiger partial charge in [-0.15, -0.1) is 0 Å². The van der Waals surface area contributed by atoms with Gasteiger partial charge in [0, 0.05) is 43.7 Å². The highest BCUT2D eigenvalue weighted by Crippen LogP contribution is 2.61. The monoisotopic (exact) mass is 450 g/mol. The van der Waals surface area contributed by atoms with Crippen molar-refractivity contribution in [3.05, 3.63) is 30.0 Å². The lowest BCUT2D eigenvalue weighted by Gasteiger charge is -2.57. The average Bonchev–Trinajstić information content (AvgIpc) is 3.22. The molecule has 1 saturated heterocycles. The van der Waals surface area contributed by atoms with Gasteiger partial charge in [-0.1, -0.05) is 0 Å². The number of carbonyl (C=O) groups is 2. The standard InChI is InChI=1S/C27H34N2O4/c1-2-32-26(31)24-13-21-12-22(3-4-23(21)33-24)28-5-7-29(8-6-28)25(30)17-27-14-18-9-19(15-27)11-20(10-18)16-27/h3-4,12-13,18-20H,2,5-11,14-17H2,1H3. The molecule has 0 N–H and O–H groups in total. The van der Waals surface area contributed by atoms with E-state index in [9.17, 15) is 9.59 Å². The quantitative estimate of drug-likeness (QED) is 0.609. The third-order valence-electron chi connectivity index (χ3n) is 8.67. The van der Waals surface area contributed by atoms with E-state index in [0.29, 0.717) is 23.5 Å². The number of furan rings is 1. The second kappa shape index (κ2) is 8.07. The Morgan fingerprint density at radius 3 is 2.30 bits per heavy atom. The zero-order valence-corrected chi connectivity index (χ0v) is 19.6. The van der Waals surface area contributed by atoms with Crippen LogP contribution in [0.25, 0.3) is 11.0 Å². The Bertz CT molecular complexity index is 1030. The maximum Gasteiger partial charge on any atom is 0.374 e. The number of piperazine rings is 1. The molecule has 7 rings (SSSR count). The van der Waals surface area contributed by atoms with Gasteiger partial charge >= 0.3 is 5.97 Å². The van der Waals surface area contributed by atoms with E-state index in [2.05, 4.69) is 15.9 Å². The Labute approximate surface area is 195 Å². The summed E-state index contributed by atoms with van der Waals surface area (Å²) < 4.78 is 10.7. The first kappa shape index (κ1) is 21.1. The molecule has 2 aromatic rings. The smallest absolute Gasteiger partial charge is 0.374 e. The molecule has 1 aliphatic heterocycles. The van der Waals surface area contributed by atoms with Crippen molar-refractivity contribution < 1.29 is 18.7 Å². The SMILES string of the molecule is CCOC(=O)c1cc2cc(N3CCN(C(=O)CC45CC6CC(CC(C6)C4)C5)CC3)ccc2o1. The summed E-state index contributed by atoms with van der Waals surface area (Å²) in [6.45, 7) is 5.34. The fraction of sp³-hybridized carbons (Fsp3) is 0.630. The molecule has 2 heterocycles. The van der Waals surface area contributed by atoms with Crippen molar-refractivity contribution in [2.45, 2.75) is 51.9 Å². The normalized spacial score (nSPS) is 30.8. The molecule has 6 heteroatoms. The number of rotatable bonds is 5. The summed E-state index contributed by atoms with van der Waals surface area (Å²) in [6.07, 6.45) is 8.93. The molecule has 4 saturated carbocycles. The van der Waals surface area contributed by atoms with Crippen LogP contribution < -0.4 is 4.90 Å². The summed E-state index contributed by atoms with van der Waals surface area (Å²) in [5, 5.41) is 0.899. The number of hydrogen-bond donors (Lipinski definition) is 0. The molecule has 6 nitrogen and oxygen atoms in total. The fourth-order valence-electron chi connectivity index (χ4n) is 7.68. The molecule has 176 valence electrons. The molecule has 0 atom stereocenters.